The Bertz CT molecular complexity index is 7020. The molecule has 4 heterocycles. The van der Waals surface area contributed by atoms with E-state index in [2.05, 4.69) is 407 Å². The zero-order valence-electron chi connectivity index (χ0n) is 83.7. The molecular weight excluding hydrogens is 1630 g/mol. The largest absolute Gasteiger partial charge is 0.213 e. The average Bonchev–Trinajstić information content (AvgIpc) is 0.902. The van der Waals surface area contributed by atoms with Crippen LogP contribution in [0, 0.1) is 71.6 Å². The van der Waals surface area contributed by atoms with E-state index >= 15 is 0 Å². The maximum Gasteiger partial charge on any atom is 0.213 e. The lowest BCUT2D eigenvalue weighted by Gasteiger charge is -2.43. The molecule has 686 valence electrons. The fourth-order valence-electron chi connectivity index (χ4n) is 25.3. The van der Waals surface area contributed by atoms with Gasteiger partial charge in [-0.15, -0.1) is 0 Å². The van der Waals surface area contributed by atoms with E-state index in [1.165, 1.54) is 355 Å². The molecule has 6 fully saturated rings. The standard InChI is InChI=1S/C35H40N.C34H38N.C32H36N.C30H32N/c1-25-9-5-6-10-32(25)34-23-33(26(2)24-36(34)3)31-14-13-29-21-28(11-12-30(29)22-31)27-15-19-35(20-16-27)17-7-4-8-18-35;1-24-8-4-5-9-31(24)33-22-32(25(2)23-35(33)3)30-13-12-28-20-27(10-11-29(28)21-30)26-14-18-34(19-15-26)16-6-7-17-34;1-22-8-6-7-9-29(22)31-20-30(23(2)21-33(31)5)28-13-12-26-18-25(10-11-27(26)19-28)24-14-16-32(3,4)17-15-24;1-21-9-7-8-12-28(21)30-19-29(22(2)20-31(30)3)27-16-15-25-17-24(13-14-26(25)18-27)23-10-5-4-6-11-23/h5-6,9-14,21-24,27H,4,7-8,15-20H2,1-3H3;4-5,8-13,20-23,26H,6-7,14-19H2,1-3H3;6-13,18-21,24H,14-17H2,1-5H3;7-9,12-20,23H,4-6,10-11H2,1-3H3/q4*+1. The van der Waals surface area contributed by atoms with Gasteiger partial charge in [0.15, 0.2) is 24.8 Å². The van der Waals surface area contributed by atoms with Gasteiger partial charge in [0, 0.05) is 68.8 Å². The first-order valence-electron chi connectivity index (χ1n) is 51.9. The number of hydrogen-bond donors (Lipinski definition) is 0. The second-order valence-electron chi connectivity index (χ2n) is 43.6. The number of fused-ring (bicyclic) bond motifs is 4. The van der Waals surface area contributed by atoms with Crippen molar-refractivity contribution in [2.24, 2.45) is 44.4 Å². The zero-order valence-corrected chi connectivity index (χ0v) is 83.7. The second-order valence-corrected chi connectivity index (χ2v) is 43.6. The normalized spacial score (nSPS) is 17.6. The summed E-state index contributed by atoms with van der Waals surface area (Å²) in [6.45, 7) is 22.5. The maximum absolute atomic E-state index is 2.49. The third-order valence-electron chi connectivity index (χ3n) is 33.8. The van der Waals surface area contributed by atoms with Gasteiger partial charge in [0.25, 0.3) is 0 Å². The quantitative estimate of drug-likeness (QED) is 0.108. The first kappa shape index (κ1) is 92.4. The van der Waals surface area contributed by atoms with Crippen molar-refractivity contribution in [1.82, 2.24) is 0 Å². The topological polar surface area (TPSA) is 15.5 Å². The smallest absolute Gasteiger partial charge is 0.201 e. The molecule has 0 amide bonds. The Hall–Kier alpha value is -11.7. The molecule has 0 atom stereocenters. The van der Waals surface area contributed by atoms with E-state index in [9.17, 15) is 0 Å². The van der Waals surface area contributed by atoms with Crippen molar-refractivity contribution >= 4 is 43.1 Å². The van der Waals surface area contributed by atoms with Gasteiger partial charge in [-0.05, 0) is 392 Å². The molecule has 6 saturated carbocycles. The number of benzene rings is 12. The summed E-state index contributed by atoms with van der Waals surface area (Å²) < 4.78 is 9.02. The van der Waals surface area contributed by atoms with Crippen LogP contribution < -0.4 is 18.3 Å². The van der Waals surface area contributed by atoms with Gasteiger partial charge in [-0.25, -0.2) is 18.3 Å². The molecular formula is C131H146N4+4. The van der Waals surface area contributed by atoms with Crippen LogP contribution in [-0.4, -0.2) is 0 Å². The highest BCUT2D eigenvalue weighted by molar-refractivity contribution is 5.93. The number of aryl methyl sites for hydroxylation is 12. The Balaban J connectivity index is 0.000000116. The monoisotopic (exact) mass is 1780 g/mol. The van der Waals surface area contributed by atoms with Crippen LogP contribution in [0.25, 0.3) is 133 Å². The SMILES string of the molecule is Cc1c[n+](C)c(-c2ccccc2C)cc1-c1ccc2cc(C3CCC(C)(C)CC3)ccc2c1.Cc1c[n+](C)c(-c2ccccc2C)cc1-c1ccc2cc(C3CCC4(CCCC4)CC3)ccc2c1.Cc1c[n+](C)c(-c2ccccc2C)cc1-c1ccc2cc(C3CCC4(CCCCC4)CC3)ccc2c1.Cc1c[n+](C)c(-c2ccccc2C)cc1-c1ccc2cc(C3CCCCC3)ccc2c1. The summed E-state index contributed by atoms with van der Waals surface area (Å²) in [7, 11) is 8.60. The molecule has 4 nitrogen and oxygen atoms in total. The Morgan fingerprint density at radius 1 is 0.200 bits per heavy atom. The van der Waals surface area contributed by atoms with Crippen LogP contribution in [0.15, 0.2) is 292 Å². The molecule has 0 radical (unpaired) electrons. The van der Waals surface area contributed by atoms with E-state index in [0.29, 0.717) is 16.2 Å². The summed E-state index contributed by atoms with van der Waals surface area (Å²) in [5.74, 6) is 2.97. The average molecular weight is 1780 g/mol. The summed E-state index contributed by atoms with van der Waals surface area (Å²) in [6, 6.07) is 101. The Morgan fingerprint density at radius 3 is 0.689 bits per heavy atom. The number of nitrogens with zero attached hydrogens (tertiary/aromatic N) is 4. The molecule has 0 bridgehead atoms. The Kier molecular flexibility index (Phi) is 27.3. The van der Waals surface area contributed by atoms with E-state index in [1.807, 2.05) is 0 Å². The highest BCUT2D eigenvalue weighted by Gasteiger charge is 2.40. The van der Waals surface area contributed by atoms with Crippen molar-refractivity contribution in [3.8, 4) is 89.5 Å². The molecule has 135 heavy (non-hydrogen) atoms. The van der Waals surface area contributed by atoms with E-state index in [0.717, 1.165) is 23.7 Å². The van der Waals surface area contributed by atoms with Crippen LogP contribution in [0.1, 0.15) is 271 Å². The summed E-state index contributed by atoms with van der Waals surface area (Å²) >= 11 is 0. The molecule has 6 aliphatic rings. The lowest BCUT2D eigenvalue weighted by atomic mass is 9.62. The summed E-state index contributed by atoms with van der Waals surface area (Å²) in [5, 5.41) is 10.8. The number of rotatable bonds is 12. The molecule has 0 aliphatic heterocycles. The van der Waals surface area contributed by atoms with Crippen LogP contribution in [0.5, 0.6) is 0 Å². The Labute approximate surface area is 808 Å². The molecule has 4 heteroatoms. The number of hydrogen-bond acceptors (Lipinski definition) is 0. The van der Waals surface area contributed by atoms with Crippen LogP contribution in [0.2, 0.25) is 0 Å². The molecule has 0 unspecified atom stereocenters. The van der Waals surface area contributed by atoms with Gasteiger partial charge in [0.1, 0.15) is 28.2 Å². The van der Waals surface area contributed by atoms with Gasteiger partial charge >= 0.3 is 0 Å². The first-order chi connectivity index (χ1) is 65.4. The van der Waals surface area contributed by atoms with Gasteiger partial charge < -0.3 is 0 Å². The van der Waals surface area contributed by atoms with Crippen molar-refractivity contribution in [2.45, 2.75) is 260 Å². The predicted molar refractivity (Wildman–Crippen MR) is 572 cm³/mol. The lowest BCUT2D eigenvalue weighted by Crippen LogP contribution is -2.31. The third-order valence-corrected chi connectivity index (χ3v) is 33.8. The highest BCUT2D eigenvalue weighted by atomic mass is 14.9. The minimum atomic E-state index is 0.517. The van der Waals surface area contributed by atoms with Gasteiger partial charge in [-0.2, -0.15) is 0 Å². The molecule has 2 spiro atoms. The first-order valence-corrected chi connectivity index (χ1v) is 51.9. The summed E-state index contributed by atoms with van der Waals surface area (Å²) in [4.78, 5) is 0. The number of aromatic nitrogens is 4. The predicted octanol–water partition coefficient (Wildman–Crippen LogP) is 34.0. The lowest BCUT2D eigenvalue weighted by molar-refractivity contribution is -0.660. The van der Waals surface area contributed by atoms with Crippen molar-refractivity contribution in [3.63, 3.8) is 0 Å². The molecule has 16 aromatic rings. The van der Waals surface area contributed by atoms with Crippen molar-refractivity contribution < 1.29 is 18.3 Å². The molecule has 12 aromatic carbocycles. The third kappa shape index (κ3) is 20.3. The molecule has 4 aromatic heterocycles. The molecule has 0 N–H and O–H groups in total. The minimum absolute atomic E-state index is 0.517. The highest BCUT2D eigenvalue weighted by Crippen LogP contribution is 2.54. The zero-order chi connectivity index (χ0) is 93.2. The fraction of sp³-hybridized carbons (Fsp3) is 0.359. The van der Waals surface area contributed by atoms with E-state index < -0.39 is 0 Å². The van der Waals surface area contributed by atoms with E-state index in [1.54, 1.807) is 11.1 Å². The van der Waals surface area contributed by atoms with Crippen molar-refractivity contribution in [1.29, 1.82) is 0 Å². The van der Waals surface area contributed by atoms with E-state index in [4.69, 9.17) is 0 Å². The van der Waals surface area contributed by atoms with Crippen molar-refractivity contribution in [2.75, 3.05) is 0 Å². The van der Waals surface area contributed by atoms with Crippen LogP contribution in [-0.2, 0) is 28.2 Å². The molecule has 22 rings (SSSR count). The fourth-order valence-corrected chi connectivity index (χ4v) is 25.3. The number of pyridine rings is 4. The van der Waals surface area contributed by atoms with Gasteiger partial charge in [-0.3, -0.25) is 0 Å². The van der Waals surface area contributed by atoms with Crippen LogP contribution in [0.3, 0.4) is 0 Å². The second kappa shape index (κ2) is 39.9. The Morgan fingerprint density at radius 2 is 0.422 bits per heavy atom. The summed E-state index contributed by atoms with van der Waals surface area (Å²) in [5.41, 5.74) is 39.3. The van der Waals surface area contributed by atoms with E-state index in [-0.39, 0.29) is 0 Å². The summed E-state index contributed by atoms with van der Waals surface area (Å²) in [6.07, 6.45) is 45.8. The minimum Gasteiger partial charge on any atom is -0.201 e. The van der Waals surface area contributed by atoms with Gasteiger partial charge in [-0.1, -0.05) is 259 Å². The molecule has 0 saturated heterocycles. The molecule has 6 aliphatic carbocycles. The van der Waals surface area contributed by atoms with Crippen LogP contribution in [0.4, 0.5) is 0 Å². The van der Waals surface area contributed by atoms with Crippen molar-refractivity contribution in [3.05, 3.63) is 358 Å². The van der Waals surface area contributed by atoms with Crippen LogP contribution >= 0.6 is 0 Å². The maximum atomic E-state index is 2.49. The van der Waals surface area contributed by atoms with Gasteiger partial charge in [0.05, 0.1) is 0 Å². The van der Waals surface area contributed by atoms with Gasteiger partial charge in [0.2, 0.25) is 22.8 Å².